The van der Waals surface area contributed by atoms with E-state index in [0.29, 0.717) is 11.5 Å². The summed E-state index contributed by atoms with van der Waals surface area (Å²) in [6.45, 7) is 0. The van der Waals surface area contributed by atoms with Crippen LogP contribution in [0.1, 0.15) is 17.8 Å². The normalized spacial score (nSPS) is 11.4. The van der Waals surface area contributed by atoms with Gasteiger partial charge in [0.2, 0.25) is 0 Å². The standard InChI is InChI=1S/C20H19N3O2/c1-23-17-9-5-4-8-16(17)22-20(23)15(11-12-21)13-14-7-6-10-18(24-2)19(14)25-3/h4-10,13H,11H2,1-3H3/b15-13+. The van der Waals surface area contributed by atoms with E-state index in [2.05, 4.69) is 6.07 Å². The fourth-order valence-electron chi connectivity index (χ4n) is 2.93. The predicted octanol–water partition coefficient (Wildman–Crippen LogP) is 4.04. The van der Waals surface area contributed by atoms with E-state index in [-0.39, 0.29) is 6.42 Å². The number of hydrogen-bond acceptors (Lipinski definition) is 4. The SMILES string of the molecule is COc1cccc(/C=C(\CC#N)c2nc3ccccc3n2C)c1OC. The van der Waals surface area contributed by atoms with Crippen molar-refractivity contribution in [3.05, 3.63) is 53.9 Å². The van der Waals surface area contributed by atoms with Crippen LogP contribution in [0.5, 0.6) is 11.5 Å². The molecule has 1 heterocycles. The average molecular weight is 333 g/mol. The summed E-state index contributed by atoms with van der Waals surface area (Å²) in [5, 5.41) is 9.29. The monoisotopic (exact) mass is 333 g/mol. The third-order valence-corrected chi connectivity index (χ3v) is 4.11. The molecule has 0 radical (unpaired) electrons. The van der Waals surface area contributed by atoms with Crippen molar-refractivity contribution in [2.45, 2.75) is 6.42 Å². The van der Waals surface area contributed by atoms with E-state index in [1.54, 1.807) is 14.2 Å². The maximum atomic E-state index is 9.29. The molecule has 0 saturated carbocycles. The minimum Gasteiger partial charge on any atom is -0.493 e. The molecule has 3 aromatic rings. The van der Waals surface area contributed by atoms with Crippen LogP contribution in [0.15, 0.2) is 42.5 Å². The van der Waals surface area contributed by atoms with Gasteiger partial charge in [-0.3, -0.25) is 0 Å². The molecule has 5 heteroatoms. The molecule has 25 heavy (non-hydrogen) atoms. The molecule has 1 aromatic heterocycles. The van der Waals surface area contributed by atoms with Gasteiger partial charge in [0.25, 0.3) is 0 Å². The summed E-state index contributed by atoms with van der Waals surface area (Å²) in [6.07, 6.45) is 2.18. The van der Waals surface area contributed by atoms with Crippen LogP contribution in [0, 0.1) is 11.3 Å². The molecule has 0 saturated heterocycles. The molecule has 0 bridgehead atoms. The molecule has 2 aromatic carbocycles. The first-order chi connectivity index (χ1) is 12.2. The largest absolute Gasteiger partial charge is 0.493 e. The van der Waals surface area contributed by atoms with E-state index in [1.165, 1.54) is 0 Å². The van der Waals surface area contributed by atoms with Crippen molar-refractivity contribution in [2.75, 3.05) is 14.2 Å². The van der Waals surface area contributed by atoms with Crippen LogP contribution in [0.3, 0.4) is 0 Å². The van der Waals surface area contributed by atoms with Gasteiger partial charge in [0.1, 0.15) is 5.82 Å². The highest BCUT2D eigenvalue weighted by molar-refractivity contribution is 5.87. The molecule has 0 atom stereocenters. The molecule has 126 valence electrons. The summed E-state index contributed by atoms with van der Waals surface area (Å²) >= 11 is 0. The van der Waals surface area contributed by atoms with Crippen molar-refractivity contribution in [2.24, 2.45) is 7.05 Å². The third-order valence-electron chi connectivity index (χ3n) is 4.11. The summed E-state index contributed by atoms with van der Waals surface area (Å²) in [7, 11) is 5.17. The number of methoxy groups -OCH3 is 2. The molecule has 0 N–H and O–H groups in total. The van der Waals surface area contributed by atoms with Crippen LogP contribution in [0.25, 0.3) is 22.7 Å². The Bertz CT molecular complexity index is 980. The van der Waals surface area contributed by atoms with E-state index in [9.17, 15) is 5.26 Å². The summed E-state index contributed by atoms with van der Waals surface area (Å²) in [5.74, 6) is 2.06. The zero-order valence-electron chi connectivity index (χ0n) is 14.5. The van der Waals surface area contributed by atoms with Crippen molar-refractivity contribution in [1.82, 2.24) is 9.55 Å². The van der Waals surface area contributed by atoms with Gasteiger partial charge in [0.05, 0.1) is 37.7 Å². The third kappa shape index (κ3) is 3.07. The van der Waals surface area contributed by atoms with Gasteiger partial charge in [-0.25, -0.2) is 4.98 Å². The van der Waals surface area contributed by atoms with Crippen molar-refractivity contribution < 1.29 is 9.47 Å². The van der Waals surface area contributed by atoms with Crippen molar-refractivity contribution in [3.63, 3.8) is 0 Å². The van der Waals surface area contributed by atoms with Gasteiger partial charge in [0, 0.05) is 18.2 Å². The highest BCUT2D eigenvalue weighted by Gasteiger charge is 2.14. The van der Waals surface area contributed by atoms with Crippen LogP contribution in [0.2, 0.25) is 0 Å². The van der Waals surface area contributed by atoms with Gasteiger partial charge in [-0.15, -0.1) is 0 Å². The van der Waals surface area contributed by atoms with Crippen LogP contribution in [0.4, 0.5) is 0 Å². The predicted molar refractivity (Wildman–Crippen MR) is 98.4 cm³/mol. The quantitative estimate of drug-likeness (QED) is 0.707. The fraction of sp³-hybridized carbons (Fsp3) is 0.200. The second-order valence-electron chi connectivity index (χ2n) is 5.57. The first-order valence-corrected chi connectivity index (χ1v) is 7.90. The van der Waals surface area contributed by atoms with Gasteiger partial charge in [-0.2, -0.15) is 5.26 Å². The summed E-state index contributed by atoms with van der Waals surface area (Å²) in [5.41, 5.74) is 3.60. The number of ether oxygens (including phenoxy) is 2. The van der Waals surface area contributed by atoms with Gasteiger partial charge in [-0.1, -0.05) is 24.3 Å². The van der Waals surface area contributed by atoms with Crippen molar-refractivity contribution >= 4 is 22.7 Å². The maximum Gasteiger partial charge on any atom is 0.167 e. The number of nitriles is 1. The first kappa shape index (κ1) is 16.6. The topological polar surface area (TPSA) is 60.1 Å². The van der Waals surface area contributed by atoms with Gasteiger partial charge < -0.3 is 14.0 Å². The Morgan fingerprint density at radius 2 is 1.96 bits per heavy atom. The Morgan fingerprint density at radius 3 is 2.64 bits per heavy atom. The van der Waals surface area contributed by atoms with Crippen molar-refractivity contribution in [3.8, 4) is 17.6 Å². The molecule has 0 aliphatic rings. The van der Waals surface area contributed by atoms with Crippen LogP contribution >= 0.6 is 0 Å². The van der Waals surface area contributed by atoms with E-state index in [0.717, 1.165) is 28.0 Å². The Morgan fingerprint density at radius 1 is 1.16 bits per heavy atom. The lowest BCUT2D eigenvalue weighted by molar-refractivity contribution is 0.354. The number of rotatable bonds is 5. The Balaban J connectivity index is 2.18. The number of hydrogen-bond donors (Lipinski definition) is 0. The molecular formula is C20H19N3O2. The Labute approximate surface area is 146 Å². The van der Waals surface area contributed by atoms with E-state index in [1.807, 2.05) is 60.2 Å². The van der Waals surface area contributed by atoms with E-state index in [4.69, 9.17) is 14.5 Å². The maximum absolute atomic E-state index is 9.29. The minimum absolute atomic E-state index is 0.248. The number of para-hydroxylation sites is 3. The minimum atomic E-state index is 0.248. The summed E-state index contributed by atoms with van der Waals surface area (Å²) < 4.78 is 12.9. The number of fused-ring (bicyclic) bond motifs is 1. The number of allylic oxidation sites excluding steroid dienone is 1. The van der Waals surface area contributed by atoms with E-state index >= 15 is 0 Å². The number of aryl methyl sites for hydroxylation is 1. The summed E-state index contributed by atoms with van der Waals surface area (Å²) in [4.78, 5) is 4.70. The van der Waals surface area contributed by atoms with Gasteiger partial charge in [-0.05, 0) is 24.3 Å². The van der Waals surface area contributed by atoms with Crippen LogP contribution in [-0.2, 0) is 7.05 Å². The molecule has 0 amide bonds. The number of imidazole rings is 1. The highest BCUT2D eigenvalue weighted by atomic mass is 16.5. The number of benzene rings is 2. The number of nitrogens with zero attached hydrogens (tertiary/aromatic N) is 3. The number of aromatic nitrogens is 2. The fourth-order valence-corrected chi connectivity index (χ4v) is 2.93. The molecule has 0 unspecified atom stereocenters. The second-order valence-corrected chi connectivity index (χ2v) is 5.57. The molecule has 0 aliphatic heterocycles. The van der Waals surface area contributed by atoms with Crippen LogP contribution in [-0.4, -0.2) is 23.8 Å². The molecular weight excluding hydrogens is 314 g/mol. The molecule has 5 nitrogen and oxygen atoms in total. The lowest BCUT2D eigenvalue weighted by Crippen LogP contribution is -1.98. The van der Waals surface area contributed by atoms with Gasteiger partial charge in [0.15, 0.2) is 11.5 Å². The summed E-state index contributed by atoms with van der Waals surface area (Å²) in [6, 6.07) is 15.8. The molecule has 0 fully saturated rings. The smallest absolute Gasteiger partial charge is 0.167 e. The Hall–Kier alpha value is -3.26. The zero-order chi connectivity index (χ0) is 17.8. The van der Waals surface area contributed by atoms with Gasteiger partial charge >= 0.3 is 0 Å². The lowest BCUT2D eigenvalue weighted by Gasteiger charge is -2.11. The lowest BCUT2D eigenvalue weighted by atomic mass is 10.1. The van der Waals surface area contributed by atoms with Crippen LogP contribution < -0.4 is 9.47 Å². The molecule has 0 spiro atoms. The second kappa shape index (κ2) is 7.10. The van der Waals surface area contributed by atoms with Crippen molar-refractivity contribution in [1.29, 1.82) is 5.26 Å². The molecule has 3 rings (SSSR count). The Kier molecular flexibility index (Phi) is 4.71. The first-order valence-electron chi connectivity index (χ1n) is 7.90. The highest BCUT2D eigenvalue weighted by Crippen LogP contribution is 2.34. The van der Waals surface area contributed by atoms with E-state index < -0.39 is 0 Å². The zero-order valence-corrected chi connectivity index (χ0v) is 14.5. The average Bonchev–Trinajstić information content (AvgIpc) is 2.98. The molecule has 0 aliphatic carbocycles.